The van der Waals surface area contributed by atoms with E-state index in [0.29, 0.717) is 6.42 Å². The normalized spacial score (nSPS) is 12.7. The van der Waals surface area contributed by atoms with Crippen molar-refractivity contribution in [2.24, 2.45) is 0 Å². The maximum absolute atomic E-state index is 14.5. The Morgan fingerprint density at radius 1 is 0.870 bits per heavy atom. The highest BCUT2D eigenvalue weighted by atomic mass is 79.9. The number of hydrogen-bond donors (Lipinski definition) is 1. The molecule has 0 aliphatic carbocycles. The standard InChI is InChI=1S/C35H36BrCl2N3O4S/c1-4-25(3)39-35(43)33(20-26-8-6-5-7-9-26)40(22-27-12-14-28(36)15-13-27)34(42)23-41(29-16-19-31(37)32(38)21-29)46(44,45)30-17-10-24(2)11-18-30/h5-19,21,25,33H,4,20,22-23H2,1-3H3,(H,39,43). The van der Waals surface area contributed by atoms with Gasteiger partial charge in [-0.05, 0) is 73.9 Å². The molecule has 2 unspecified atom stereocenters. The Bertz CT molecular complexity index is 1760. The van der Waals surface area contributed by atoms with Crippen LogP contribution in [0.1, 0.15) is 37.0 Å². The molecular weight excluding hydrogens is 709 g/mol. The maximum atomic E-state index is 14.5. The molecule has 1 N–H and O–H groups in total. The van der Waals surface area contributed by atoms with Crippen LogP contribution < -0.4 is 9.62 Å². The van der Waals surface area contributed by atoms with E-state index in [4.69, 9.17) is 23.2 Å². The van der Waals surface area contributed by atoms with Crippen molar-refractivity contribution in [1.82, 2.24) is 10.2 Å². The Morgan fingerprint density at radius 3 is 2.13 bits per heavy atom. The Kier molecular flexibility index (Phi) is 12.3. The highest BCUT2D eigenvalue weighted by molar-refractivity contribution is 9.10. The molecule has 46 heavy (non-hydrogen) atoms. The van der Waals surface area contributed by atoms with E-state index in [9.17, 15) is 18.0 Å². The highest BCUT2D eigenvalue weighted by Gasteiger charge is 2.35. The number of anilines is 1. The summed E-state index contributed by atoms with van der Waals surface area (Å²) in [4.78, 5) is 29.9. The minimum absolute atomic E-state index is 0.00628. The van der Waals surface area contributed by atoms with Crippen molar-refractivity contribution < 1.29 is 18.0 Å². The summed E-state index contributed by atoms with van der Waals surface area (Å²) >= 11 is 16.0. The van der Waals surface area contributed by atoms with Crippen molar-refractivity contribution in [2.45, 2.75) is 57.1 Å². The zero-order chi connectivity index (χ0) is 33.4. The van der Waals surface area contributed by atoms with Crippen molar-refractivity contribution in [1.29, 1.82) is 0 Å². The van der Waals surface area contributed by atoms with Crippen molar-refractivity contribution in [3.05, 3.63) is 128 Å². The van der Waals surface area contributed by atoms with Crippen molar-refractivity contribution in [2.75, 3.05) is 10.8 Å². The molecule has 0 fully saturated rings. The zero-order valence-corrected chi connectivity index (χ0v) is 29.7. The third kappa shape index (κ3) is 9.12. The first kappa shape index (κ1) is 35.5. The van der Waals surface area contributed by atoms with Gasteiger partial charge in [-0.15, -0.1) is 0 Å². The molecule has 0 aromatic heterocycles. The monoisotopic (exact) mass is 743 g/mol. The SMILES string of the molecule is CCC(C)NC(=O)C(Cc1ccccc1)N(Cc1ccc(Br)cc1)C(=O)CN(c1ccc(Cl)c(Cl)c1)S(=O)(=O)c1ccc(C)cc1. The van der Waals surface area contributed by atoms with Crippen molar-refractivity contribution >= 4 is 66.7 Å². The van der Waals surface area contributed by atoms with Crippen LogP contribution in [0.4, 0.5) is 5.69 Å². The number of rotatable bonds is 13. The molecule has 4 aromatic carbocycles. The Hall–Kier alpha value is -3.37. The molecule has 0 saturated carbocycles. The van der Waals surface area contributed by atoms with Gasteiger partial charge in [0.05, 0.1) is 20.6 Å². The number of halogens is 3. The summed E-state index contributed by atoms with van der Waals surface area (Å²) in [5, 5.41) is 3.41. The Morgan fingerprint density at radius 2 is 1.52 bits per heavy atom. The second-order valence-corrected chi connectivity index (χ2v) is 14.7. The second-order valence-electron chi connectivity index (χ2n) is 11.1. The van der Waals surface area contributed by atoms with Gasteiger partial charge in [0.15, 0.2) is 0 Å². The molecule has 4 aromatic rings. The van der Waals surface area contributed by atoms with Crippen LogP contribution in [0.5, 0.6) is 0 Å². The molecule has 242 valence electrons. The molecule has 0 aliphatic heterocycles. The minimum Gasteiger partial charge on any atom is -0.352 e. The summed E-state index contributed by atoms with van der Waals surface area (Å²) < 4.78 is 30.2. The number of carbonyl (C=O) groups is 2. The summed E-state index contributed by atoms with van der Waals surface area (Å²) in [6, 6.07) is 26.6. The second kappa shape index (κ2) is 16.0. The van der Waals surface area contributed by atoms with E-state index in [2.05, 4.69) is 21.2 Å². The van der Waals surface area contributed by atoms with Gasteiger partial charge in [0.25, 0.3) is 10.0 Å². The lowest BCUT2D eigenvalue weighted by Crippen LogP contribution is -2.54. The lowest BCUT2D eigenvalue weighted by molar-refractivity contribution is -0.140. The molecule has 0 aliphatic rings. The van der Waals surface area contributed by atoms with E-state index in [0.717, 1.165) is 25.5 Å². The zero-order valence-electron chi connectivity index (χ0n) is 25.8. The summed E-state index contributed by atoms with van der Waals surface area (Å²) in [6.45, 7) is 5.20. The number of benzene rings is 4. The van der Waals surface area contributed by atoms with Gasteiger partial charge < -0.3 is 10.2 Å². The summed E-state index contributed by atoms with van der Waals surface area (Å²) in [7, 11) is -4.26. The molecule has 0 bridgehead atoms. The van der Waals surface area contributed by atoms with E-state index in [1.165, 1.54) is 35.2 Å². The van der Waals surface area contributed by atoms with Crippen LogP contribution in [-0.2, 0) is 32.6 Å². The van der Waals surface area contributed by atoms with E-state index in [-0.39, 0.29) is 45.5 Å². The summed E-state index contributed by atoms with van der Waals surface area (Å²) in [5.74, 6) is -0.893. The quantitative estimate of drug-likeness (QED) is 0.151. The molecule has 4 rings (SSSR count). The number of aryl methyl sites for hydroxylation is 1. The number of carbonyl (C=O) groups excluding carboxylic acids is 2. The van der Waals surface area contributed by atoms with Gasteiger partial charge in [0.2, 0.25) is 11.8 Å². The fourth-order valence-corrected chi connectivity index (χ4v) is 6.75. The number of hydrogen-bond acceptors (Lipinski definition) is 4. The van der Waals surface area contributed by atoms with E-state index < -0.39 is 28.5 Å². The van der Waals surface area contributed by atoms with Gasteiger partial charge in [-0.25, -0.2) is 8.42 Å². The van der Waals surface area contributed by atoms with Crippen LogP contribution in [0.3, 0.4) is 0 Å². The first-order chi connectivity index (χ1) is 21.9. The summed E-state index contributed by atoms with van der Waals surface area (Å²) in [6.07, 6.45) is 0.924. The first-order valence-corrected chi connectivity index (χ1v) is 17.8. The largest absolute Gasteiger partial charge is 0.352 e. The van der Waals surface area contributed by atoms with Gasteiger partial charge in [-0.3, -0.25) is 13.9 Å². The third-order valence-corrected chi connectivity index (χ3v) is 10.7. The number of amides is 2. The minimum atomic E-state index is -4.26. The Labute approximate surface area is 289 Å². The van der Waals surface area contributed by atoms with Crippen LogP contribution >= 0.6 is 39.1 Å². The van der Waals surface area contributed by atoms with E-state index in [1.54, 1.807) is 12.1 Å². The van der Waals surface area contributed by atoms with Crippen molar-refractivity contribution in [3.63, 3.8) is 0 Å². The molecule has 11 heteroatoms. The van der Waals surface area contributed by atoms with Crippen LogP contribution in [-0.4, -0.2) is 43.8 Å². The van der Waals surface area contributed by atoms with Crippen LogP contribution in [0.2, 0.25) is 10.0 Å². The van der Waals surface area contributed by atoms with Gasteiger partial charge in [0, 0.05) is 23.5 Å². The molecule has 7 nitrogen and oxygen atoms in total. The molecule has 0 spiro atoms. The predicted octanol–water partition coefficient (Wildman–Crippen LogP) is 7.81. The Balaban J connectivity index is 1.82. The van der Waals surface area contributed by atoms with E-state index >= 15 is 0 Å². The first-order valence-electron chi connectivity index (χ1n) is 14.8. The third-order valence-electron chi connectivity index (χ3n) is 7.62. The average molecular weight is 746 g/mol. The van der Waals surface area contributed by atoms with Gasteiger partial charge in [-0.2, -0.15) is 0 Å². The molecule has 0 radical (unpaired) electrons. The predicted molar refractivity (Wildman–Crippen MR) is 189 cm³/mol. The lowest BCUT2D eigenvalue weighted by atomic mass is 10.0. The molecule has 2 atom stereocenters. The van der Waals surface area contributed by atoms with Gasteiger partial charge in [0.1, 0.15) is 12.6 Å². The number of sulfonamides is 1. The smallest absolute Gasteiger partial charge is 0.264 e. The van der Waals surface area contributed by atoms with Gasteiger partial charge >= 0.3 is 0 Å². The lowest BCUT2D eigenvalue weighted by Gasteiger charge is -2.34. The highest BCUT2D eigenvalue weighted by Crippen LogP contribution is 2.31. The number of nitrogens with zero attached hydrogens (tertiary/aromatic N) is 2. The van der Waals surface area contributed by atoms with E-state index in [1.807, 2.05) is 75.4 Å². The van der Waals surface area contributed by atoms with Crippen LogP contribution in [0.25, 0.3) is 0 Å². The topological polar surface area (TPSA) is 86.8 Å². The maximum Gasteiger partial charge on any atom is 0.264 e. The van der Waals surface area contributed by atoms with Gasteiger partial charge in [-0.1, -0.05) is 106 Å². The molecular formula is C35H36BrCl2N3O4S. The molecule has 2 amide bonds. The molecule has 0 heterocycles. The van der Waals surface area contributed by atoms with Crippen LogP contribution in [0.15, 0.2) is 106 Å². The van der Waals surface area contributed by atoms with Crippen LogP contribution in [0, 0.1) is 6.92 Å². The fourth-order valence-electron chi connectivity index (χ4n) is 4.79. The van der Waals surface area contributed by atoms with Crippen molar-refractivity contribution in [3.8, 4) is 0 Å². The average Bonchev–Trinajstić information content (AvgIpc) is 3.04. The molecule has 0 saturated heterocycles. The number of nitrogens with one attached hydrogen (secondary N) is 1. The fraction of sp³-hybridized carbons (Fsp3) is 0.257. The summed E-state index contributed by atoms with van der Waals surface area (Å²) in [5.41, 5.74) is 2.67.